The molecule has 1 saturated heterocycles. The molecule has 1 aliphatic carbocycles. The average Bonchev–Trinajstić information content (AvgIpc) is 2.43. The molecule has 3 heteroatoms. The van der Waals surface area contributed by atoms with Crippen molar-refractivity contribution in [2.75, 3.05) is 19.7 Å². The summed E-state index contributed by atoms with van der Waals surface area (Å²) in [6, 6.07) is 0.549. The predicted molar refractivity (Wildman–Crippen MR) is 78.0 cm³/mol. The van der Waals surface area contributed by atoms with E-state index in [1.807, 2.05) is 0 Å². The molecule has 0 amide bonds. The van der Waals surface area contributed by atoms with E-state index in [1.54, 1.807) is 0 Å². The molecule has 0 aromatic rings. The third kappa shape index (κ3) is 4.17. The molecule has 1 aliphatic heterocycles. The van der Waals surface area contributed by atoms with Gasteiger partial charge in [-0.2, -0.15) is 0 Å². The Kier molecular flexibility index (Phi) is 6.11. The smallest absolute Gasteiger partial charge is 0.0580 e. The molecule has 112 valence electrons. The summed E-state index contributed by atoms with van der Waals surface area (Å²) >= 11 is 0. The number of hydrogen-bond acceptors (Lipinski definition) is 3. The van der Waals surface area contributed by atoms with Crippen molar-refractivity contribution in [2.24, 2.45) is 11.8 Å². The number of aliphatic hydroxyl groups is 2. The van der Waals surface area contributed by atoms with Gasteiger partial charge in [0.05, 0.1) is 6.10 Å². The first-order chi connectivity index (χ1) is 9.24. The fraction of sp³-hybridized carbons (Fsp3) is 1.00. The minimum Gasteiger partial charge on any atom is -0.396 e. The van der Waals surface area contributed by atoms with Crippen LogP contribution in [0.5, 0.6) is 0 Å². The van der Waals surface area contributed by atoms with Crippen molar-refractivity contribution in [3.8, 4) is 0 Å². The van der Waals surface area contributed by atoms with Gasteiger partial charge in [-0.1, -0.05) is 19.8 Å². The summed E-state index contributed by atoms with van der Waals surface area (Å²) in [7, 11) is 0. The maximum atomic E-state index is 10.3. The lowest BCUT2D eigenvalue weighted by molar-refractivity contribution is 0.00801. The van der Waals surface area contributed by atoms with E-state index in [0.717, 1.165) is 31.8 Å². The highest BCUT2D eigenvalue weighted by Gasteiger charge is 2.32. The SMILES string of the molecule is CCC1CCC(O)C(CN2CCCCC2CCO)C1. The Balaban J connectivity index is 1.89. The average molecular weight is 269 g/mol. The van der Waals surface area contributed by atoms with Crippen LogP contribution in [0.4, 0.5) is 0 Å². The van der Waals surface area contributed by atoms with Crippen LogP contribution in [-0.4, -0.2) is 47.0 Å². The van der Waals surface area contributed by atoms with Gasteiger partial charge in [0.2, 0.25) is 0 Å². The zero-order chi connectivity index (χ0) is 13.7. The van der Waals surface area contributed by atoms with Gasteiger partial charge in [-0.15, -0.1) is 0 Å². The van der Waals surface area contributed by atoms with Crippen LogP contribution in [-0.2, 0) is 0 Å². The Morgan fingerprint density at radius 3 is 2.74 bits per heavy atom. The monoisotopic (exact) mass is 269 g/mol. The van der Waals surface area contributed by atoms with Crippen molar-refractivity contribution in [1.29, 1.82) is 0 Å². The largest absolute Gasteiger partial charge is 0.396 e. The van der Waals surface area contributed by atoms with E-state index in [4.69, 9.17) is 0 Å². The van der Waals surface area contributed by atoms with E-state index >= 15 is 0 Å². The van der Waals surface area contributed by atoms with Gasteiger partial charge in [-0.3, -0.25) is 4.90 Å². The zero-order valence-electron chi connectivity index (χ0n) is 12.4. The van der Waals surface area contributed by atoms with Crippen molar-refractivity contribution < 1.29 is 10.2 Å². The molecule has 0 radical (unpaired) electrons. The van der Waals surface area contributed by atoms with Gasteiger partial charge in [0.1, 0.15) is 0 Å². The highest BCUT2D eigenvalue weighted by Crippen LogP contribution is 2.33. The molecular weight excluding hydrogens is 238 g/mol. The van der Waals surface area contributed by atoms with E-state index in [-0.39, 0.29) is 6.10 Å². The van der Waals surface area contributed by atoms with Crippen molar-refractivity contribution in [1.82, 2.24) is 4.90 Å². The molecule has 1 saturated carbocycles. The summed E-state index contributed by atoms with van der Waals surface area (Å²) in [6.45, 7) is 4.77. The van der Waals surface area contributed by atoms with Gasteiger partial charge in [0, 0.05) is 19.2 Å². The third-order valence-corrected chi connectivity index (χ3v) is 5.31. The number of hydrogen-bond donors (Lipinski definition) is 2. The van der Waals surface area contributed by atoms with Gasteiger partial charge in [0.15, 0.2) is 0 Å². The second kappa shape index (κ2) is 7.61. The molecule has 0 bridgehead atoms. The maximum absolute atomic E-state index is 10.3. The Bertz CT molecular complexity index is 257. The van der Waals surface area contributed by atoms with Crippen molar-refractivity contribution in [2.45, 2.75) is 70.4 Å². The molecule has 4 atom stereocenters. The first-order valence-corrected chi connectivity index (χ1v) is 8.27. The normalized spacial score (nSPS) is 37.4. The van der Waals surface area contributed by atoms with E-state index in [2.05, 4.69) is 11.8 Å². The Morgan fingerprint density at radius 2 is 2.00 bits per heavy atom. The molecule has 2 fully saturated rings. The Hall–Kier alpha value is -0.120. The second-order valence-electron chi connectivity index (χ2n) is 6.57. The van der Waals surface area contributed by atoms with E-state index < -0.39 is 0 Å². The fourth-order valence-corrected chi connectivity index (χ4v) is 3.99. The number of rotatable bonds is 5. The Morgan fingerprint density at radius 1 is 1.16 bits per heavy atom. The molecule has 2 aliphatic rings. The van der Waals surface area contributed by atoms with Crippen LogP contribution in [0.2, 0.25) is 0 Å². The molecule has 0 spiro atoms. The minimum atomic E-state index is -0.0977. The molecule has 4 unspecified atom stereocenters. The van der Waals surface area contributed by atoms with E-state index in [1.165, 1.54) is 38.5 Å². The van der Waals surface area contributed by atoms with Crippen LogP contribution in [0, 0.1) is 11.8 Å². The molecule has 1 heterocycles. The third-order valence-electron chi connectivity index (χ3n) is 5.31. The minimum absolute atomic E-state index is 0.0977. The summed E-state index contributed by atoms with van der Waals surface area (Å²) < 4.78 is 0. The van der Waals surface area contributed by atoms with Gasteiger partial charge >= 0.3 is 0 Å². The molecular formula is C16H31NO2. The second-order valence-corrected chi connectivity index (χ2v) is 6.57. The summed E-state index contributed by atoms with van der Waals surface area (Å²) in [6.07, 6.45) is 9.24. The van der Waals surface area contributed by atoms with E-state index in [0.29, 0.717) is 18.6 Å². The molecule has 19 heavy (non-hydrogen) atoms. The lowest BCUT2D eigenvalue weighted by Gasteiger charge is -2.41. The van der Waals surface area contributed by atoms with Crippen LogP contribution in [0.25, 0.3) is 0 Å². The van der Waals surface area contributed by atoms with Gasteiger partial charge in [-0.05, 0) is 56.9 Å². The molecule has 2 N–H and O–H groups in total. The lowest BCUT2D eigenvalue weighted by atomic mass is 9.77. The zero-order valence-corrected chi connectivity index (χ0v) is 12.4. The van der Waals surface area contributed by atoms with Gasteiger partial charge in [0.25, 0.3) is 0 Å². The van der Waals surface area contributed by atoms with Crippen LogP contribution >= 0.6 is 0 Å². The van der Waals surface area contributed by atoms with E-state index in [9.17, 15) is 10.2 Å². The lowest BCUT2D eigenvalue weighted by Crippen LogP contribution is -2.46. The highest BCUT2D eigenvalue weighted by molar-refractivity contribution is 4.85. The summed E-state index contributed by atoms with van der Waals surface area (Å²) in [5.41, 5.74) is 0. The van der Waals surface area contributed by atoms with Crippen LogP contribution in [0.15, 0.2) is 0 Å². The molecule has 3 nitrogen and oxygen atoms in total. The molecule has 2 rings (SSSR count). The van der Waals surface area contributed by atoms with Crippen molar-refractivity contribution in [3.63, 3.8) is 0 Å². The van der Waals surface area contributed by atoms with Crippen LogP contribution < -0.4 is 0 Å². The molecule has 0 aromatic carbocycles. The Labute approximate surface area is 118 Å². The predicted octanol–water partition coefficient (Wildman–Crippen LogP) is 2.41. The summed E-state index contributed by atoms with van der Waals surface area (Å²) in [5, 5.41) is 19.5. The van der Waals surface area contributed by atoms with Crippen LogP contribution in [0.3, 0.4) is 0 Å². The number of aliphatic hydroxyl groups excluding tert-OH is 2. The number of nitrogens with zero attached hydrogens (tertiary/aromatic N) is 1. The topological polar surface area (TPSA) is 43.7 Å². The van der Waals surface area contributed by atoms with Gasteiger partial charge in [-0.25, -0.2) is 0 Å². The van der Waals surface area contributed by atoms with Gasteiger partial charge < -0.3 is 10.2 Å². The number of piperidine rings is 1. The van der Waals surface area contributed by atoms with Crippen molar-refractivity contribution >= 4 is 0 Å². The quantitative estimate of drug-likeness (QED) is 0.805. The molecule has 0 aromatic heterocycles. The fourth-order valence-electron chi connectivity index (χ4n) is 3.99. The first kappa shape index (κ1) is 15.3. The summed E-state index contributed by atoms with van der Waals surface area (Å²) in [5.74, 6) is 1.27. The first-order valence-electron chi connectivity index (χ1n) is 8.27. The van der Waals surface area contributed by atoms with Crippen molar-refractivity contribution in [3.05, 3.63) is 0 Å². The summed E-state index contributed by atoms with van der Waals surface area (Å²) in [4.78, 5) is 2.55. The van der Waals surface area contributed by atoms with Crippen LogP contribution in [0.1, 0.15) is 58.3 Å². The highest BCUT2D eigenvalue weighted by atomic mass is 16.3. The standard InChI is InChI=1S/C16H31NO2/c1-2-13-6-7-16(19)14(11-13)12-17-9-4-3-5-15(17)8-10-18/h13-16,18-19H,2-12H2,1H3. The number of likely N-dealkylation sites (tertiary alicyclic amines) is 1. The maximum Gasteiger partial charge on any atom is 0.0580 e.